The number of alkyl halides is 3. The highest BCUT2D eigenvalue weighted by atomic mass is 35.5. The maximum atomic E-state index is 13.2. The molecule has 0 unspecified atom stereocenters. The van der Waals surface area contributed by atoms with Gasteiger partial charge in [-0.3, -0.25) is 4.79 Å². The molecular weight excluding hydrogens is 282 g/mol. The van der Waals surface area contributed by atoms with E-state index in [1.165, 1.54) is 5.32 Å². The maximum absolute atomic E-state index is 13.2. The number of anilines is 1. The number of carboxylic acids is 1. The molecule has 0 fully saturated rings. The van der Waals surface area contributed by atoms with Crippen LogP contribution in [0.15, 0.2) is 12.1 Å². The maximum Gasteiger partial charge on any atom is 0.471 e. The van der Waals surface area contributed by atoms with Crippen LogP contribution in [0.2, 0.25) is 5.02 Å². The van der Waals surface area contributed by atoms with Gasteiger partial charge >= 0.3 is 18.1 Å². The molecule has 1 rings (SSSR count). The molecule has 0 aliphatic rings. The topological polar surface area (TPSA) is 66.4 Å². The number of carboxylic acid groups (broad SMARTS) is 1. The van der Waals surface area contributed by atoms with Crippen LogP contribution in [-0.2, 0) is 4.79 Å². The van der Waals surface area contributed by atoms with Crippen LogP contribution < -0.4 is 5.32 Å². The zero-order valence-corrected chi connectivity index (χ0v) is 9.06. The minimum Gasteiger partial charge on any atom is -0.478 e. The number of hydrogen-bond donors (Lipinski definition) is 2. The number of nitrogens with one attached hydrogen (secondary N) is 1. The van der Waals surface area contributed by atoms with Crippen molar-refractivity contribution in [3.8, 4) is 0 Å². The van der Waals surface area contributed by atoms with Gasteiger partial charge in [0.15, 0.2) is 0 Å². The first-order chi connectivity index (χ1) is 8.14. The second kappa shape index (κ2) is 4.81. The normalized spacial score (nSPS) is 11.2. The summed E-state index contributed by atoms with van der Waals surface area (Å²) >= 11 is 5.43. The second-order valence-electron chi connectivity index (χ2n) is 3.04. The summed E-state index contributed by atoms with van der Waals surface area (Å²) in [6.45, 7) is 0. The zero-order valence-electron chi connectivity index (χ0n) is 8.31. The quantitative estimate of drug-likeness (QED) is 0.821. The molecule has 0 atom stereocenters. The average Bonchev–Trinajstić information content (AvgIpc) is 2.21. The first-order valence-electron chi connectivity index (χ1n) is 4.24. The molecule has 0 radical (unpaired) electrons. The third-order valence-corrected chi connectivity index (χ3v) is 2.13. The third-order valence-electron chi connectivity index (χ3n) is 1.81. The van der Waals surface area contributed by atoms with Crippen molar-refractivity contribution in [2.45, 2.75) is 6.18 Å². The Morgan fingerprint density at radius 1 is 1.28 bits per heavy atom. The number of halogens is 5. The first kappa shape index (κ1) is 14.2. The molecule has 0 bridgehead atoms. The lowest BCUT2D eigenvalue weighted by atomic mass is 10.1. The molecule has 0 heterocycles. The molecule has 1 aromatic rings. The minimum atomic E-state index is -5.24. The molecule has 18 heavy (non-hydrogen) atoms. The standard InChI is InChI=1S/C9H4ClF4NO3/c10-3-1-2-4(11)5(7(16)17)6(3)15-8(18)9(12,13)14/h1-2H,(H,15,18)(H,16,17). The zero-order chi connectivity index (χ0) is 14.1. The summed E-state index contributed by atoms with van der Waals surface area (Å²) in [5, 5.41) is 9.36. The van der Waals surface area contributed by atoms with E-state index in [0.717, 1.165) is 6.07 Å². The Kier molecular flexibility index (Phi) is 3.80. The molecule has 98 valence electrons. The molecule has 0 spiro atoms. The van der Waals surface area contributed by atoms with E-state index in [-0.39, 0.29) is 0 Å². The van der Waals surface area contributed by atoms with Crippen LogP contribution in [0, 0.1) is 5.82 Å². The van der Waals surface area contributed by atoms with E-state index < -0.39 is 40.1 Å². The molecule has 0 saturated heterocycles. The van der Waals surface area contributed by atoms with E-state index in [0.29, 0.717) is 6.07 Å². The van der Waals surface area contributed by atoms with Crippen LogP contribution in [0.3, 0.4) is 0 Å². The highest BCUT2D eigenvalue weighted by Gasteiger charge is 2.39. The van der Waals surface area contributed by atoms with Crippen molar-refractivity contribution in [1.29, 1.82) is 0 Å². The van der Waals surface area contributed by atoms with Crippen molar-refractivity contribution in [1.82, 2.24) is 0 Å². The van der Waals surface area contributed by atoms with Crippen LogP contribution in [-0.4, -0.2) is 23.2 Å². The van der Waals surface area contributed by atoms with Crippen LogP contribution in [0.5, 0.6) is 0 Å². The van der Waals surface area contributed by atoms with Crippen molar-refractivity contribution >= 4 is 29.2 Å². The molecule has 1 amide bonds. The van der Waals surface area contributed by atoms with Gasteiger partial charge in [0.2, 0.25) is 0 Å². The molecule has 9 heteroatoms. The number of aromatic carboxylic acids is 1. The van der Waals surface area contributed by atoms with E-state index in [4.69, 9.17) is 16.7 Å². The minimum absolute atomic E-state index is 0.522. The van der Waals surface area contributed by atoms with E-state index in [2.05, 4.69) is 0 Å². The fraction of sp³-hybridized carbons (Fsp3) is 0.111. The highest BCUT2D eigenvalue weighted by Crippen LogP contribution is 2.30. The Bertz CT molecular complexity index is 515. The summed E-state index contributed by atoms with van der Waals surface area (Å²) in [4.78, 5) is 21.4. The summed E-state index contributed by atoms with van der Waals surface area (Å²) in [5.41, 5.74) is -2.08. The van der Waals surface area contributed by atoms with E-state index in [1.807, 2.05) is 0 Å². The van der Waals surface area contributed by atoms with Crippen molar-refractivity contribution in [2.24, 2.45) is 0 Å². The lowest BCUT2D eigenvalue weighted by molar-refractivity contribution is -0.167. The third kappa shape index (κ3) is 2.89. The van der Waals surface area contributed by atoms with Gasteiger partial charge in [0.25, 0.3) is 0 Å². The Morgan fingerprint density at radius 2 is 1.83 bits per heavy atom. The summed E-state index contributed by atoms with van der Waals surface area (Å²) < 4.78 is 49.2. The second-order valence-corrected chi connectivity index (χ2v) is 3.44. The Labute approximate surface area is 102 Å². The largest absolute Gasteiger partial charge is 0.478 e. The number of hydrogen-bond acceptors (Lipinski definition) is 2. The predicted molar refractivity (Wildman–Crippen MR) is 53.1 cm³/mol. The number of carbonyl (C=O) groups is 2. The molecule has 0 saturated carbocycles. The number of amides is 1. The molecule has 4 nitrogen and oxygen atoms in total. The summed E-state index contributed by atoms with van der Waals surface area (Å²) in [5.74, 6) is -5.62. The van der Waals surface area contributed by atoms with Gasteiger partial charge in [-0.1, -0.05) is 11.6 Å². The SMILES string of the molecule is O=C(O)c1c(F)ccc(Cl)c1NC(=O)C(F)(F)F. The van der Waals surface area contributed by atoms with Crippen LogP contribution in [0.25, 0.3) is 0 Å². The van der Waals surface area contributed by atoms with E-state index >= 15 is 0 Å². The smallest absolute Gasteiger partial charge is 0.471 e. The van der Waals surface area contributed by atoms with Crippen LogP contribution >= 0.6 is 11.6 Å². The van der Waals surface area contributed by atoms with Gasteiger partial charge in [-0.2, -0.15) is 13.2 Å². The van der Waals surface area contributed by atoms with Crippen LogP contribution in [0.1, 0.15) is 10.4 Å². The number of carbonyl (C=O) groups excluding carboxylic acids is 1. The van der Waals surface area contributed by atoms with E-state index in [9.17, 15) is 27.2 Å². The summed E-state index contributed by atoms with van der Waals surface area (Å²) in [6, 6.07) is 1.49. The van der Waals surface area contributed by atoms with Crippen molar-refractivity contribution in [2.75, 3.05) is 5.32 Å². The Hall–Kier alpha value is -1.83. The molecule has 0 aliphatic carbocycles. The van der Waals surface area contributed by atoms with Gasteiger partial charge in [-0.15, -0.1) is 0 Å². The fourth-order valence-corrected chi connectivity index (χ4v) is 1.27. The summed E-state index contributed by atoms with van der Waals surface area (Å²) in [6.07, 6.45) is -5.24. The van der Waals surface area contributed by atoms with E-state index in [1.54, 1.807) is 0 Å². The average molecular weight is 286 g/mol. The Morgan fingerprint density at radius 3 is 2.28 bits per heavy atom. The lowest BCUT2D eigenvalue weighted by Crippen LogP contribution is -2.31. The van der Waals surface area contributed by atoms with Crippen molar-refractivity contribution < 1.29 is 32.3 Å². The van der Waals surface area contributed by atoms with Gasteiger partial charge in [0, 0.05) is 0 Å². The number of benzene rings is 1. The highest BCUT2D eigenvalue weighted by molar-refractivity contribution is 6.34. The number of rotatable bonds is 2. The van der Waals surface area contributed by atoms with Crippen molar-refractivity contribution in [3.05, 3.63) is 28.5 Å². The first-order valence-corrected chi connectivity index (χ1v) is 4.62. The Balaban J connectivity index is 3.28. The molecule has 0 aliphatic heterocycles. The molecule has 0 aromatic heterocycles. The molecule has 2 N–H and O–H groups in total. The molecular formula is C9H4ClF4NO3. The summed E-state index contributed by atoms with van der Waals surface area (Å²) in [7, 11) is 0. The van der Waals surface area contributed by atoms with Crippen LogP contribution in [0.4, 0.5) is 23.2 Å². The van der Waals surface area contributed by atoms with Gasteiger partial charge in [-0.25, -0.2) is 9.18 Å². The van der Waals surface area contributed by atoms with Gasteiger partial charge in [0.05, 0.1) is 10.7 Å². The lowest BCUT2D eigenvalue weighted by Gasteiger charge is -2.12. The van der Waals surface area contributed by atoms with Gasteiger partial charge < -0.3 is 10.4 Å². The fourth-order valence-electron chi connectivity index (χ4n) is 1.07. The van der Waals surface area contributed by atoms with Crippen molar-refractivity contribution in [3.63, 3.8) is 0 Å². The molecule has 1 aromatic carbocycles. The van der Waals surface area contributed by atoms with Gasteiger partial charge in [0.1, 0.15) is 11.4 Å². The predicted octanol–water partition coefficient (Wildman–Crippen LogP) is 2.68. The monoisotopic (exact) mass is 285 g/mol. The van der Waals surface area contributed by atoms with Gasteiger partial charge in [-0.05, 0) is 12.1 Å².